The van der Waals surface area contributed by atoms with Crippen LogP contribution in [0.25, 0.3) is 33.0 Å². The third-order valence-corrected chi connectivity index (χ3v) is 6.21. The number of benzene rings is 2. The number of aryl methyl sites for hydroxylation is 1. The van der Waals surface area contributed by atoms with Gasteiger partial charge in [-0.1, -0.05) is 18.2 Å². The van der Waals surface area contributed by atoms with E-state index in [2.05, 4.69) is 20.7 Å². The number of aromatic nitrogens is 2. The van der Waals surface area contributed by atoms with Crippen molar-refractivity contribution in [2.24, 2.45) is 10.8 Å². The second-order valence-electron chi connectivity index (χ2n) is 8.48. The van der Waals surface area contributed by atoms with Crippen molar-refractivity contribution in [2.75, 3.05) is 6.54 Å². The molecule has 14 nitrogen and oxygen atoms in total. The molecule has 1 aliphatic rings. The van der Waals surface area contributed by atoms with Gasteiger partial charge in [0.05, 0.1) is 16.1 Å². The van der Waals surface area contributed by atoms with Crippen LogP contribution >= 0.6 is 0 Å². The number of fused-ring (bicyclic) bond motifs is 2. The number of nitro benzene ring substituents is 1. The first-order chi connectivity index (χ1) is 18.2. The monoisotopic (exact) mass is 516 g/mol. The quantitative estimate of drug-likeness (QED) is 0.0680. The highest BCUT2D eigenvalue weighted by Crippen LogP contribution is 2.39. The lowest BCUT2D eigenvalue weighted by Crippen LogP contribution is -2.33. The van der Waals surface area contributed by atoms with E-state index in [1.54, 1.807) is 23.0 Å². The molecule has 5 rings (SSSR count). The Morgan fingerprint density at radius 3 is 2.50 bits per heavy atom. The van der Waals surface area contributed by atoms with Crippen LogP contribution in [0.3, 0.4) is 0 Å². The lowest BCUT2D eigenvalue weighted by atomic mass is 9.95. The van der Waals surface area contributed by atoms with Crippen molar-refractivity contribution in [3.05, 3.63) is 86.2 Å². The fraction of sp³-hybridized carbons (Fsp3) is 0.125. The van der Waals surface area contributed by atoms with Crippen molar-refractivity contribution < 1.29 is 19.5 Å². The van der Waals surface area contributed by atoms with Crippen LogP contribution in [0, 0.1) is 20.2 Å². The zero-order chi connectivity index (χ0) is 27.0. The van der Waals surface area contributed by atoms with Gasteiger partial charge in [-0.15, -0.1) is 0 Å². The van der Waals surface area contributed by atoms with Crippen molar-refractivity contribution in [1.82, 2.24) is 20.2 Å². The van der Waals surface area contributed by atoms with Gasteiger partial charge in [-0.05, 0) is 18.6 Å². The van der Waals surface area contributed by atoms with E-state index in [4.69, 9.17) is 5.73 Å². The Labute approximate surface area is 213 Å². The van der Waals surface area contributed by atoms with Gasteiger partial charge in [-0.2, -0.15) is 0 Å². The standard InChI is InChI=1S/C24H20N8O6/c25-24(29-32(37)38)26-8-3-9-30-12-17(15-10-13(31(35)36)6-7-19(15)30)21-20(22(33)28-23(21)34)16-11-27-18-5-2-1-4-14(16)18/h1-2,4-7,10-12,27H,3,8-9H2,(H3,25,26,29)(H,28,33,34). The Hall–Kier alpha value is -5.53. The second-order valence-corrected chi connectivity index (χ2v) is 8.48. The summed E-state index contributed by atoms with van der Waals surface area (Å²) in [5.74, 6) is -1.50. The van der Waals surface area contributed by atoms with Crippen LogP contribution in [0.1, 0.15) is 17.5 Å². The molecule has 0 bridgehead atoms. The third-order valence-electron chi connectivity index (χ3n) is 6.21. The summed E-state index contributed by atoms with van der Waals surface area (Å²) in [7, 11) is 0. The molecule has 0 saturated heterocycles. The van der Waals surface area contributed by atoms with Gasteiger partial charge in [0.25, 0.3) is 23.5 Å². The Bertz CT molecular complexity index is 1710. The third kappa shape index (κ3) is 4.30. The van der Waals surface area contributed by atoms with E-state index in [0.717, 1.165) is 10.9 Å². The van der Waals surface area contributed by atoms with Crippen LogP contribution in [-0.2, 0) is 16.1 Å². The molecule has 38 heavy (non-hydrogen) atoms. The van der Waals surface area contributed by atoms with Crippen LogP contribution in [0.5, 0.6) is 0 Å². The van der Waals surface area contributed by atoms with Gasteiger partial charge in [0.15, 0.2) is 5.03 Å². The second kappa shape index (κ2) is 9.50. The summed E-state index contributed by atoms with van der Waals surface area (Å²) in [5.41, 5.74) is 7.87. The molecule has 2 aromatic heterocycles. The summed E-state index contributed by atoms with van der Waals surface area (Å²) in [6.45, 7) is 0.631. The van der Waals surface area contributed by atoms with Crippen LogP contribution in [-0.4, -0.2) is 43.8 Å². The molecule has 0 atom stereocenters. The number of non-ortho nitro benzene ring substituents is 1. The maximum atomic E-state index is 13.1. The number of nitro groups is 2. The average molecular weight is 516 g/mol. The molecule has 0 saturated carbocycles. The molecule has 0 unspecified atom stereocenters. The Morgan fingerprint density at radius 1 is 1.03 bits per heavy atom. The summed E-state index contributed by atoms with van der Waals surface area (Å²) in [5, 5.41) is 30.2. The smallest absolute Gasteiger partial charge is 0.270 e. The van der Waals surface area contributed by atoms with Gasteiger partial charge < -0.3 is 20.6 Å². The number of carbonyl (C=O) groups excluding carboxylic acids is 2. The van der Waals surface area contributed by atoms with E-state index < -0.39 is 21.8 Å². The van der Waals surface area contributed by atoms with E-state index in [1.807, 2.05) is 24.3 Å². The van der Waals surface area contributed by atoms with Crippen molar-refractivity contribution in [3.63, 3.8) is 0 Å². The topological polar surface area (TPSA) is 204 Å². The normalized spacial score (nSPS) is 13.9. The van der Waals surface area contributed by atoms with E-state index in [9.17, 15) is 29.8 Å². The highest BCUT2D eigenvalue weighted by Gasteiger charge is 2.35. The van der Waals surface area contributed by atoms with Crippen LogP contribution in [0.15, 0.2) is 60.0 Å². The largest absolute Gasteiger partial charge is 0.365 e. The molecule has 0 radical (unpaired) electrons. The number of hydrogen-bond acceptors (Lipinski definition) is 6. The van der Waals surface area contributed by atoms with Crippen LogP contribution in [0.2, 0.25) is 0 Å². The molecular weight excluding hydrogens is 496 g/mol. The molecule has 192 valence electrons. The van der Waals surface area contributed by atoms with Gasteiger partial charge in [0, 0.05) is 70.5 Å². The van der Waals surface area contributed by atoms with Gasteiger partial charge in [-0.3, -0.25) is 25.0 Å². The zero-order valence-corrected chi connectivity index (χ0v) is 19.6. The number of nitrogens with two attached hydrogens (primary N) is 1. The number of hydrazone groups is 1. The Morgan fingerprint density at radius 2 is 1.76 bits per heavy atom. The maximum Gasteiger partial charge on any atom is 0.270 e. The summed E-state index contributed by atoms with van der Waals surface area (Å²) < 4.78 is 1.80. The van der Waals surface area contributed by atoms with E-state index in [-0.39, 0.29) is 29.3 Å². The number of imide groups is 1. The minimum absolute atomic E-state index is 0.115. The predicted molar refractivity (Wildman–Crippen MR) is 138 cm³/mol. The first-order valence-corrected chi connectivity index (χ1v) is 11.4. The van der Waals surface area contributed by atoms with E-state index in [0.29, 0.717) is 35.0 Å². The molecule has 5 N–H and O–H groups in total. The maximum absolute atomic E-state index is 13.1. The fourth-order valence-corrected chi connectivity index (χ4v) is 4.62. The number of nitrogens with zero attached hydrogens (tertiary/aromatic N) is 4. The predicted octanol–water partition coefficient (Wildman–Crippen LogP) is 2.08. The van der Waals surface area contributed by atoms with Gasteiger partial charge in [0.2, 0.25) is 0 Å². The number of amides is 2. The molecule has 3 heterocycles. The summed E-state index contributed by atoms with van der Waals surface area (Å²) >= 11 is 0. The number of aromatic amines is 1. The zero-order valence-electron chi connectivity index (χ0n) is 19.6. The number of H-pyrrole nitrogens is 1. The van der Waals surface area contributed by atoms with Crippen LogP contribution < -0.4 is 16.4 Å². The van der Waals surface area contributed by atoms with Crippen molar-refractivity contribution in [1.29, 1.82) is 0 Å². The van der Waals surface area contributed by atoms with E-state index in [1.165, 1.54) is 12.1 Å². The van der Waals surface area contributed by atoms with Crippen molar-refractivity contribution >= 4 is 56.4 Å². The van der Waals surface area contributed by atoms with Gasteiger partial charge >= 0.3 is 0 Å². The summed E-state index contributed by atoms with van der Waals surface area (Å²) in [6.07, 6.45) is 3.78. The number of carbonyl (C=O) groups is 2. The number of rotatable bonds is 8. The molecule has 4 aromatic rings. The van der Waals surface area contributed by atoms with E-state index >= 15 is 0 Å². The molecule has 0 spiro atoms. The molecule has 2 amide bonds. The molecule has 2 aromatic carbocycles. The lowest BCUT2D eigenvalue weighted by Gasteiger charge is -2.06. The average Bonchev–Trinajstić information content (AvgIpc) is 3.53. The molecule has 1 aliphatic heterocycles. The van der Waals surface area contributed by atoms with Crippen molar-refractivity contribution in [2.45, 2.75) is 13.0 Å². The highest BCUT2D eigenvalue weighted by atomic mass is 16.7. The Balaban J connectivity index is 1.61. The number of hydrogen-bond donors (Lipinski definition) is 4. The molecular formula is C24H20N8O6. The number of guanidine groups is 1. The van der Waals surface area contributed by atoms with Crippen molar-refractivity contribution in [3.8, 4) is 0 Å². The first-order valence-electron chi connectivity index (χ1n) is 11.4. The highest BCUT2D eigenvalue weighted by molar-refractivity contribution is 6.50. The number of nitrogens with one attached hydrogen (secondary N) is 3. The minimum atomic E-state index is -0.909. The SMILES string of the molecule is NC(=N[N+](=O)[O-])NCCCn1cc(C2=C(c3c[nH]c4ccccc34)C(=O)NC2=O)c2cc([N+](=O)[O-])ccc21. The summed E-state index contributed by atoms with van der Waals surface area (Å²) in [6, 6.07) is 11.6. The lowest BCUT2D eigenvalue weighted by molar-refractivity contribution is -0.485. The van der Waals surface area contributed by atoms with Gasteiger partial charge in [0.1, 0.15) is 5.10 Å². The van der Waals surface area contributed by atoms with Crippen LogP contribution in [0.4, 0.5) is 5.69 Å². The molecule has 14 heteroatoms. The molecule has 0 fully saturated rings. The fourth-order valence-electron chi connectivity index (χ4n) is 4.62. The van der Waals surface area contributed by atoms with Gasteiger partial charge in [-0.25, -0.2) is 10.1 Å². The number of para-hydroxylation sites is 1. The first kappa shape index (κ1) is 24.2. The minimum Gasteiger partial charge on any atom is -0.365 e. The Kier molecular flexibility index (Phi) is 6.04. The molecule has 0 aliphatic carbocycles. The summed E-state index contributed by atoms with van der Waals surface area (Å²) in [4.78, 5) is 50.6.